The van der Waals surface area contributed by atoms with E-state index in [-0.39, 0.29) is 17.9 Å². The second-order valence-electron chi connectivity index (χ2n) is 7.34. The highest BCUT2D eigenvalue weighted by molar-refractivity contribution is 6.38. The van der Waals surface area contributed by atoms with Crippen molar-refractivity contribution in [1.82, 2.24) is 9.55 Å². The summed E-state index contributed by atoms with van der Waals surface area (Å²) >= 11 is 12.1. The van der Waals surface area contributed by atoms with Crippen LogP contribution < -0.4 is 5.56 Å². The average Bonchev–Trinajstić information content (AvgIpc) is 2.71. The van der Waals surface area contributed by atoms with Gasteiger partial charge in [-0.15, -0.1) is 0 Å². The van der Waals surface area contributed by atoms with E-state index in [1.165, 1.54) is 54.6 Å². The first-order valence-electron chi connectivity index (χ1n) is 9.50. The molecule has 6 heteroatoms. The smallest absolute Gasteiger partial charge is 0.261 e. The van der Waals surface area contributed by atoms with Crippen molar-refractivity contribution in [3.63, 3.8) is 0 Å². The van der Waals surface area contributed by atoms with Crippen molar-refractivity contribution in [2.24, 2.45) is 0 Å². The summed E-state index contributed by atoms with van der Waals surface area (Å²) in [5, 5.41) is 0.982. The van der Waals surface area contributed by atoms with Crippen LogP contribution in [0.25, 0.3) is 10.9 Å². The Balaban J connectivity index is 1.56. The van der Waals surface area contributed by atoms with Crippen molar-refractivity contribution < 1.29 is 4.79 Å². The van der Waals surface area contributed by atoms with Crippen LogP contribution in [0.5, 0.6) is 0 Å². The lowest BCUT2D eigenvalue weighted by Gasteiger charge is -2.22. The molecule has 1 saturated carbocycles. The number of nitrogens with zero attached hydrogens (tertiary/aromatic N) is 2. The lowest BCUT2D eigenvalue weighted by atomic mass is 9.84. The van der Waals surface area contributed by atoms with Crippen molar-refractivity contribution in [3.8, 4) is 0 Å². The molecular formula is C22H20Cl2N2O2. The lowest BCUT2D eigenvalue weighted by molar-refractivity contribution is 0.0970. The standard InChI is InChI=1S/C22H20Cl2N2O2/c23-17-10-18-21(19(24)11-17)25-13-26(22(18)28)12-20(27)16-8-6-15(7-9-16)14-4-2-1-3-5-14/h6-11,13-14H,1-5,12H2. The molecule has 4 rings (SSSR count). The Hall–Kier alpha value is -2.17. The van der Waals surface area contributed by atoms with Crippen LogP contribution in [0.4, 0.5) is 0 Å². The molecule has 0 saturated heterocycles. The first-order chi connectivity index (χ1) is 13.5. The molecule has 0 amide bonds. The summed E-state index contributed by atoms with van der Waals surface area (Å²) in [7, 11) is 0. The molecule has 0 bridgehead atoms. The predicted octanol–water partition coefficient (Wildman–Crippen LogP) is 5.63. The van der Waals surface area contributed by atoms with Gasteiger partial charge in [0.25, 0.3) is 5.56 Å². The number of benzene rings is 2. The minimum atomic E-state index is -0.332. The zero-order valence-electron chi connectivity index (χ0n) is 15.3. The fourth-order valence-corrected chi connectivity index (χ4v) is 4.47. The molecule has 3 aromatic rings. The molecule has 28 heavy (non-hydrogen) atoms. The number of ketones is 1. The van der Waals surface area contributed by atoms with Gasteiger partial charge in [-0.2, -0.15) is 0 Å². The van der Waals surface area contributed by atoms with E-state index in [2.05, 4.69) is 4.98 Å². The fourth-order valence-electron chi connectivity index (χ4n) is 3.93. The molecule has 0 N–H and O–H groups in total. The van der Waals surface area contributed by atoms with Crippen LogP contribution in [-0.4, -0.2) is 15.3 Å². The Morgan fingerprint density at radius 3 is 2.50 bits per heavy atom. The maximum atomic E-state index is 12.7. The van der Waals surface area contributed by atoms with Crippen molar-refractivity contribution >= 4 is 39.9 Å². The molecule has 1 aliphatic rings. The first kappa shape index (κ1) is 19.2. The number of hydrogen-bond acceptors (Lipinski definition) is 3. The Labute approximate surface area is 173 Å². The van der Waals surface area contributed by atoms with Crippen LogP contribution in [0.2, 0.25) is 10.0 Å². The van der Waals surface area contributed by atoms with Crippen molar-refractivity contribution in [2.45, 2.75) is 44.6 Å². The molecule has 0 radical (unpaired) electrons. The topological polar surface area (TPSA) is 52.0 Å². The van der Waals surface area contributed by atoms with E-state index in [1.54, 1.807) is 6.07 Å². The number of carbonyl (C=O) groups excluding carboxylic acids is 1. The molecule has 1 aromatic heterocycles. The highest BCUT2D eigenvalue weighted by Gasteiger charge is 2.17. The Morgan fingerprint density at radius 2 is 1.79 bits per heavy atom. The van der Waals surface area contributed by atoms with E-state index in [0.29, 0.717) is 32.4 Å². The lowest BCUT2D eigenvalue weighted by Crippen LogP contribution is -2.24. The number of rotatable bonds is 4. The van der Waals surface area contributed by atoms with Crippen molar-refractivity contribution in [3.05, 3.63) is 74.3 Å². The normalized spacial score (nSPS) is 15.1. The van der Waals surface area contributed by atoms with E-state index in [1.807, 2.05) is 24.3 Å². The van der Waals surface area contributed by atoms with E-state index >= 15 is 0 Å². The summed E-state index contributed by atoms with van der Waals surface area (Å²) in [5.74, 6) is 0.464. The van der Waals surface area contributed by atoms with Crippen molar-refractivity contribution in [2.75, 3.05) is 0 Å². The summed E-state index contributed by atoms with van der Waals surface area (Å²) in [4.78, 5) is 29.6. The first-order valence-corrected chi connectivity index (χ1v) is 10.3. The number of fused-ring (bicyclic) bond motifs is 1. The van der Waals surface area contributed by atoms with Gasteiger partial charge in [0.2, 0.25) is 0 Å². The summed E-state index contributed by atoms with van der Waals surface area (Å²) < 4.78 is 1.30. The van der Waals surface area contributed by atoms with Crippen LogP contribution in [0.3, 0.4) is 0 Å². The maximum Gasteiger partial charge on any atom is 0.261 e. The van der Waals surface area contributed by atoms with Gasteiger partial charge in [0, 0.05) is 10.6 Å². The number of carbonyl (C=O) groups is 1. The number of Topliss-reactive ketones (excluding diaryl/α,β-unsaturated/α-hetero) is 1. The molecule has 144 valence electrons. The molecule has 0 aliphatic heterocycles. The third-order valence-electron chi connectivity index (χ3n) is 5.47. The summed E-state index contributed by atoms with van der Waals surface area (Å²) in [6.45, 7) is -0.0747. The van der Waals surface area contributed by atoms with E-state index in [9.17, 15) is 9.59 Å². The van der Waals surface area contributed by atoms with Gasteiger partial charge in [-0.1, -0.05) is 66.7 Å². The molecule has 1 aliphatic carbocycles. The zero-order valence-corrected chi connectivity index (χ0v) is 16.8. The van der Waals surface area contributed by atoms with Gasteiger partial charge in [0.05, 0.1) is 28.8 Å². The Kier molecular flexibility index (Phi) is 5.51. The van der Waals surface area contributed by atoms with Gasteiger partial charge in [-0.3, -0.25) is 14.2 Å². The minimum absolute atomic E-state index is 0.0747. The molecule has 2 aromatic carbocycles. The summed E-state index contributed by atoms with van der Waals surface area (Å²) in [5.41, 5.74) is 1.94. The highest BCUT2D eigenvalue weighted by atomic mass is 35.5. The Morgan fingerprint density at radius 1 is 1.07 bits per heavy atom. The van der Waals surface area contributed by atoms with Crippen LogP contribution in [0, 0.1) is 0 Å². The van der Waals surface area contributed by atoms with E-state index < -0.39 is 0 Å². The fraction of sp³-hybridized carbons (Fsp3) is 0.318. The maximum absolute atomic E-state index is 12.7. The zero-order chi connectivity index (χ0) is 19.7. The molecular weight excluding hydrogens is 395 g/mol. The third-order valence-corrected chi connectivity index (χ3v) is 5.98. The van der Waals surface area contributed by atoms with Crippen molar-refractivity contribution in [1.29, 1.82) is 0 Å². The molecule has 0 unspecified atom stereocenters. The SMILES string of the molecule is O=C(Cn1cnc2c(Cl)cc(Cl)cc2c1=O)c1ccc(C2CCCCC2)cc1. The van der Waals surface area contributed by atoms with Crippen LogP contribution >= 0.6 is 23.2 Å². The quantitative estimate of drug-likeness (QED) is 0.519. The molecule has 4 nitrogen and oxygen atoms in total. The number of hydrogen-bond donors (Lipinski definition) is 0. The van der Waals surface area contributed by atoms with Gasteiger partial charge in [0.15, 0.2) is 5.78 Å². The predicted molar refractivity (Wildman–Crippen MR) is 113 cm³/mol. The minimum Gasteiger partial charge on any atom is -0.292 e. The number of aromatic nitrogens is 2. The number of halogens is 2. The average molecular weight is 415 g/mol. The van der Waals surface area contributed by atoms with Gasteiger partial charge in [0.1, 0.15) is 0 Å². The van der Waals surface area contributed by atoms with Gasteiger partial charge in [-0.25, -0.2) is 4.98 Å². The van der Waals surface area contributed by atoms with E-state index in [4.69, 9.17) is 23.2 Å². The van der Waals surface area contributed by atoms with Gasteiger partial charge >= 0.3 is 0 Å². The summed E-state index contributed by atoms with van der Waals surface area (Å²) in [6.07, 6.45) is 7.67. The van der Waals surface area contributed by atoms with Gasteiger partial charge in [-0.05, 0) is 36.5 Å². The summed E-state index contributed by atoms with van der Waals surface area (Å²) in [6, 6.07) is 10.9. The molecule has 0 spiro atoms. The second kappa shape index (κ2) is 8.06. The van der Waals surface area contributed by atoms with Crippen LogP contribution in [-0.2, 0) is 6.54 Å². The molecule has 0 atom stereocenters. The monoisotopic (exact) mass is 414 g/mol. The Bertz CT molecular complexity index is 1080. The highest BCUT2D eigenvalue weighted by Crippen LogP contribution is 2.32. The van der Waals surface area contributed by atoms with E-state index in [0.717, 1.165) is 0 Å². The molecule has 1 fully saturated rings. The molecule has 1 heterocycles. The van der Waals surface area contributed by atoms with Crippen LogP contribution in [0.1, 0.15) is 53.9 Å². The third kappa shape index (κ3) is 3.85. The van der Waals surface area contributed by atoms with Crippen LogP contribution in [0.15, 0.2) is 47.5 Å². The largest absolute Gasteiger partial charge is 0.292 e. The second-order valence-corrected chi connectivity index (χ2v) is 8.19. The van der Waals surface area contributed by atoms with Gasteiger partial charge < -0.3 is 0 Å².